The molecule has 112 valence electrons. The summed E-state index contributed by atoms with van der Waals surface area (Å²) in [6.07, 6.45) is 1.71. The van der Waals surface area contributed by atoms with E-state index < -0.39 is 0 Å². The van der Waals surface area contributed by atoms with E-state index in [0.717, 1.165) is 11.3 Å². The van der Waals surface area contributed by atoms with Gasteiger partial charge in [-0.05, 0) is 12.1 Å². The van der Waals surface area contributed by atoms with Gasteiger partial charge in [0.15, 0.2) is 0 Å². The van der Waals surface area contributed by atoms with Crippen molar-refractivity contribution in [3.63, 3.8) is 0 Å². The van der Waals surface area contributed by atoms with Crippen molar-refractivity contribution in [3.8, 4) is 17.2 Å². The number of hydrogen-bond donors (Lipinski definition) is 2. The average molecular weight is 297 g/mol. The Morgan fingerprint density at radius 2 is 1.73 bits per heavy atom. The lowest BCUT2D eigenvalue weighted by Gasteiger charge is -2.11. The molecule has 0 fully saturated rings. The Morgan fingerprint density at radius 1 is 1.09 bits per heavy atom. The van der Waals surface area contributed by atoms with Crippen LogP contribution >= 0.6 is 0 Å². The summed E-state index contributed by atoms with van der Waals surface area (Å²) >= 11 is 0. The number of aromatic hydroxyl groups is 1. The number of carbonyl (C=O) groups excluding carboxylic acids is 1. The minimum atomic E-state index is -0.182. The van der Waals surface area contributed by atoms with Crippen LogP contribution < -0.4 is 14.8 Å². The molecule has 2 aromatic rings. The van der Waals surface area contributed by atoms with E-state index in [9.17, 15) is 9.90 Å². The summed E-state index contributed by atoms with van der Waals surface area (Å²) in [7, 11) is 3.00. The zero-order valence-electron chi connectivity index (χ0n) is 12.2. The fraction of sp³-hybridized carbons (Fsp3) is 0.118. The lowest BCUT2D eigenvalue weighted by atomic mass is 10.0. The second-order valence-electron chi connectivity index (χ2n) is 4.82. The van der Waals surface area contributed by atoms with Gasteiger partial charge in [0.1, 0.15) is 17.2 Å². The van der Waals surface area contributed by atoms with Gasteiger partial charge < -0.3 is 19.9 Å². The zero-order chi connectivity index (χ0) is 15.7. The van der Waals surface area contributed by atoms with Gasteiger partial charge in [-0.15, -0.1) is 0 Å². The van der Waals surface area contributed by atoms with Crippen molar-refractivity contribution in [3.05, 3.63) is 47.5 Å². The number of amides is 1. The highest BCUT2D eigenvalue weighted by molar-refractivity contribution is 6.35. The van der Waals surface area contributed by atoms with E-state index in [2.05, 4.69) is 5.32 Å². The first-order valence-corrected chi connectivity index (χ1v) is 6.71. The van der Waals surface area contributed by atoms with Crippen LogP contribution in [0, 0.1) is 0 Å². The van der Waals surface area contributed by atoms with Crippen molar-refractivity contribution in [1.82, 2.24) is 0 Å². The summed E-state index contributed by atoms with van der Waals surface area (Å²) in [4.78, 5) is 12.2. The van der Waals surface area contributed by atoms with Gasteiger partial charge in [0.25, 0.3) is 5.91 Å². The highest BCUT2D eigenvalue weighted by Crippen LogP contribution is 2.39. The predicted molar refractivity (Wildman–Crippen MR) is 84.2 cm³/mol. The Kier molecular flexibility index (Phi) is 3.47. The first-order valence-electron chi connectivity index (χ1n) is 6.71. The van der Waals surface area contributed by atoms with E-state index in [-0.39, 0.29) is 11.7 Å². The van der Waals surface area contributed by atoms with E-state index in [4.69, 9.17) is 9.47 Å². The Morgan fingerprint density at radius 3 is 2.36 bits per heavy atom. The number of carbonyl (C=O) groups is 1. The number of benzene rings is 2. The van der Waals surface area contributed by atoms with Gasteiger partial charge in [0, 0.05) is 29.0 Å². The van der Waals surface area contributed by atoms with Crippen molar-refractivity contribution in [2.75, 3.05) is 19.5 Å². The number of nitrogens with one attached hydrogen (secondary N) is 1. The minimum absolute atomic E-state index is 0.0344. The van der Waals surface area contributed by atoms with Gasteiger partial charge in [0.2, 0.25) is 0 Å². The van der Waals surface area contributed by atoms with E-state index in [1.54, 1.807) is 6.08 Å². The van der Waals surface area contributed by atoms with Crippen molar-refractivity contribution in [2.45, 2.75) is 0 Å². The maximum Gasteiger partial charge on any atom is 0.256 e. The van der Waals surface area contributed by atoms with Gasteiger partial charge in [0.05, 0.1) is 19.8 Å². The standard InChI is InChI=1S/C17H15NO4/c1-21-15-7-10(19)8-16(22-2)13(15)9-12-11-5-3-4-6-14(11)18-17(12)20/h3-9,19H,1-2H3,(H,18,20)/b12-9+. The molecule has 1 aliphatic heterocycles. The summed E-state index contributed by atoms with van der Waals surface area (Å²) in [5, 5.41) is 12.5. The first kappa shape index (κ1) is 14.0. The molecule has 1 aliphatic rings. The number of fused-ring (bicyclic) bond motifs is 1. The molecule has 0 atom stereocenters. The molecule has 5 heteroatoms. The van der Waals surface area contributed by atoms with Crippen molar-refractivity contribution >= 4 is 23.2 Å². The molecular formula is C17H15NO4. The molecule has 0 radical (unpaired) electrons. The second-order valence-corrected chi connectivity index (χ2v) is 4.82. The van der Waals surface area contributed by atoms with Gasteiger partial charge in [-0.2, -0.15) is 0 Å². The third kappa shape index (κ3) is 2.26. The summed E-state index contributed by atoms with van der Waals surface area (Å²) in [6.45, 7) is 0. The third-order valence-electron chi connectivity index (χ3n) is 3.53. The molecule has 2 N–H and O–H groups in total. The van der Waals surface area contributed by atoms with Crippen molar-refractivity contribution in [1.29, 1.82) is 0 Å². The quantitative estimate of drug-likeness (QED) is 0.855. The van der Waals surface area contributed by atoms with Gasteiger partial charge >= 0.3 is 0 Å². The van der Waals surface area contributed by atoms with Gasteiger partial charge in [-0.1, -0.05) is 18.2 Å². The van der Waals surface area contributed by atoms with Gasteiger partial charge in [-0.3, -0.25) is 4.79 Å². The zero-order valence-corrected chi connectivity index (χ0v) is 12.2. The van der Waals surface area contributed by atoms with Crippen LogP contribution in [0.4, 0.5) is 5.69 Å². The lowest BCUT2D eigenvalue weighted by Crippen LogP contribution is -2.04. The number of methoxy groups -OCH3 is 2. The van der Waals surface area contributed by atoms with Crippen LogP contribution in [-0.2, 0) is 4.79 Å². The predicted octanol–water partition coefficient (Wildman–Crippen LogP) is 2.90. The first-order chi connectivity index (χ1) is 10.6. The van der Waals surface area contributed by atoms with Crippen LogP contribution in [0.3, 0.4) is 0 Å². The maximum absolute atomic E-state index is 12.2. The number of ether oxygens (including phenoxy) is 2. The number of phenols is 1. The number of para-hydroxylation sites is 1. The van der Waals surface area contributed by atoms with Crippen LogP contribution in [0.1, 0.15) is 11.1 Å². The highest BCUT2D eigenvalue weighted by Gasteiger charge is 2.24. The fourth-order valence-corrected chi connectivity index (χ4v) is 2.49. The Labute approximate surface area is 127 Å². The molecule has 0 saturated carbocycles. The number of rotatable bonds is 3. The topological polar surface area (TPSA) is 67.8 Å². The molecular weight excluding hydrogens is 282 g/mol. The van der Waals surface area contributed by atoms with E-state index in [0.29, 0.717) is 22.6 Å². The highest BCUT2D eigenvalue weighted by atomic mass is 16.5. The molecule has 0 unspecified atom stereocenters. The maximum atomic E-state index is 12.2. The number of phenolic OH excluding ortho intramolecular Hbond substituents is 1. The largest absolute Gasteiger partial charge is 0.508 e. The van der Waals surface area contributed by atoms with E-state index in [1.807, 2.05) is 24.3 Å². The molecule has 0 aliphatic carbocycles. The molecule has 2 aromatic carbocycles. The molecule has 0 bridgehead atoms. The Balaban J connectivity index is 2.19. The second kappa shape index (κ2) is 5.44. The van der Waals surface area contributed by atoms with Crippen LogP contribution in [0.15, 0.2) is 36.4 Å². The SMILES string of the molecule is COc1cc(O)cc(OC)c1/C=C1/C(=O)Nc2ccccc21. The monoisotopic (exact) mass is 297 g/mol. The van der Waals surface area contributed by atoms with Crippen LogP contribution in [0.5, 0.6) is 17.2 Å². The molecule has 5 nitrogen and oxygen atoms in total. The average Bonchev–Trinajstić information content (AvgIpc) is 2.84. The number of anilines is 1. The number of hydrogen-bond acceptors (Lipinski definition) is 4. The van der Waals surface area contributed by atoms with E-state index in [1.165, 1.54) is 26.4 Å². The summed E-state index contributed by atoms with van der Waals surface area (Å²) in [6, 6.07) is 10.4. The molecule has 22 heavy (non-hydrogen) atoms. The molecule has 1 heterocycles. The fourth-order valence-electron chi connectivity index (χ4n) is 2.49. The van der Waals surface area contributed by atoms with Gasteiger partial charge in [-0.25, -0.2) is 0 Å². The smallest absolute Gasteiger partial charge is 0.256 e. The van der Waals surface area contributed by atoms with Crippen LogP contribution in [0.25, 0.3) is 11.6 Å². The summed E-state index contributed by atoms with van der Waals surface area (Å²) in [5.41, 5.74) is 2.72. The van der Waals surface area contributed by atoms with Crippen molar-refractivity contribution in [2.24, 2.45) is 0 Å². The third-order valence-corrected chi connectivity index (χ3v) is 3.53. The van der Waals surface area contributed by atoms with Crippen LogP contribution in [-0.4, -0.2) is 25.2 Å². The minimum Gasteiger partial charge on any atom is -0.508 e. The van der Waals surface area contributed by atoms with Crippen LogP contribution in [0.2, 0.25) is 0 Å². The molecule has 0 spiro atoms. The lowest BCUT2D eigenvalue weighted by molar-refractivity contribution is -0.110. The molecule has 1 amide bonds. The molecule has 0 saturated heterocycles. The summed E-state index contributed by atoms with van der Waals surface area (Å²) in [5.74, 6) is 0.716. The molecule has 0 aromatic heterocycles. The Hall–Kier alpha value is -2.95. The normalized spacial score (nSPS) is 14.6. The van der Waals surface area contributed by atoms with Crippen molar-refractivity contribution < 1.29 is 19.4 Å². The Bertz CT molecular complexity index is 755. The summed E-state index contributed by atoms with van der Waals surface area (Å²) < 4.78 is 10.6. The molecule has 3 rings (SSSR count). The van der Waals surface area contributed by atoms with E-state index >= 15 is 0 Å².